The van der Waals surface area contributed by atoms with Crippen LogP contribution >= 0.6 is 0 Å². The summed E-state index contributed by atoms with van der Waals surface area (Å²) >= 11 is 0. The van der Waals surface area contributed by atoms with Gasteiger partial charge in [-0.05, 0) is 12.1 Å². The van der Waals surface area contributed by atoms with E-state index in [1.807, 2.05) is 6.07 Å². The van der Waals surface area contributed by atoms with E-state index in [1.165, 1.54) is 6.33 Å². The third-order valence-corrected chi connectivity index (χ3v) is 4.96. The molecule has 1 saturated heterocycles. The lowest BCUT2D eigenvalue weighted by Crippen LogP contribution is -2.44. The first kappa shape index (κ1) is 12.8. The zero-order valence-corrected chi connectivity index (χ0v) is 11.2. The lowest BCUT2D eigenvalue weighted by molar-refractivity contribution is -0.119. The van der Waals surface area contributed by atoms with Crippen molar-refractivity contribution in [2.75, 3.05) is 16.8 Å². The van der Waals surface area contributed by atoms with E-state index in [-0.39, 0.29) is 17.4 Å². The number of para-hydroxylation sites is 1. The van der Waals surface area contributed by atoms with Crippen molar-refractivity contribution < 1.29 is 13.2 Å². The van der Waals surface area contributed by atoms with E-state index in [9.17, 15) is 13.2 Å². The second-order valence-corrected chi connectivity index (χ2v) is 6.80. The van der Waals surface area contributed by atoms with E-state index in [2.05, 4.69) is 20.5 Å². The Morgan fingerprint density at radius 2 is 2.05 bits per heavy atom. The number of aromatic nitrogens is 3. The first-order valence-corrected chi connectivity index (χ1v) is 7.83. The highest BCUT2D eigenvalue weighted by Gasteiger charge is 2.38. The Labute approximate surface area is 115 Å². The van der Waals surface area contributed by atoms with Crippen molar-refractivity contribution in [3.63, 3.8) is 0 Å². The molecule has 8 heteroatoms. The summed E-state index contributed by atoms with van der Waals surface area (Å²) in [6.07, 6.45) is 1.38. The van der Waals surface area contributed by atoms with Crippen molar-refractivity contribution >= 4 is 21.4 Å². The zero-order chi connectivity index (χ0) is 14.2. The number of carbonyl (C=O) groups is 1. The number of H-pyrrole nitrogens is 1. The van der Waals surface area contributed by atoms with E-state index in [0.717, 1.165) is 0 Å². The predicted octanol–water partition coefficient (Wildman–Crippen LogP) is 0.455. The van der Waals surface area contributed by atoms with Crippen LogP contribution in [0.5, 0.6) is 0 Å². The van der Waals surface area contributed by atoms with E-state index < -0.39 is 15.8 Å². The van der Waals surface area contributed by atoms with E-state index in [1.54, 1.807) is 18.2 Å². The SMILES string of the molecule is O=C(Nc1ccccc1-c1ncn[nH]1)C1CS(=O)(=O)C1. The summed E-state index contributed by atoms with van der Waals surface area (Å²) in [5.41, 5.74) is 1.29. The molecule has 1 aromatic carbocycles. The quantitative estimate of drug-likeness (QED) is 0.854. The Bertz CT molecular complexity index is 728. The molecule has 2 heterocycles. The van der Waals surface area contributed by atoms with Crippen LogP contribution in [-0.2, 0) is 14.6 Å². The Morgan fingerprint density at radius 3 is 2.70 bits per heavy atom. The maximum atomic E-state index is 12.0. The first-order valence-electron chi connectivity index (χ1n) is 6.01. The van der Waals surface area contributed by atoms with Crippen molar-refractivity contribution in [3.8, 4) is 11.4 Å². The van der Waals surface area contributed by atoms with Crippen LogP contribution in [0.1, 0.15) is 0 Å². The van der Waals surface area contributed by atoms with Gasteiger partial charge in [0.25, 0.3) is 0 Å². The Balaban J connectivity index is 1.80. The van der Waals surface area contributed by atoms with Crippen molar-refractivity contribution in [3.05, 3.63) is 30.6 Å². The molecule has 1 aromatic heterocycles. The second-order valence-electron chi connectivity index (χ2n) is 4.64. The molecule has 20 heavy (non-hydrogen) atoms. The number of amides is 1. The largest absolute Gasteiger partial charge is 0.325 e. The smallest absolute Gasteiger partial charge is 0.229 e. The molecule has 1 aliphatic heterocycles. The highest BCUT2D eigenvalue weighted by atomic mass is 32.2. The summed E-state index contributed by atoms with van der Waals surface area (Å²) in [5.74, 6) is -0.371. The minimum Gasteiger partial charge on any atom is -0.325 e. The third kappa shape index (κ3) is 2.42. The molecule has 0 aliphatic carbocycles. The average molecular weight is 292 g/mol. The van der Waals surface area contributed by atoms with Gasteiger partial charge < -0.3 is 5.32 Å². The fraction of sp³-hybridized carbons (Fsp3) is 0.250. The number of nitrogens with zero attached hydrogens (tertiary/aromatic N) is 2. The molecule has 104 valence electrons. The molecule has 1 amide bonds. The molecule has 2 aromatic rings. The molecule has 0 atom stereocenters. The van der Waals surface area contributed by atoms with Crippen LogP contribution in [0.4, 0.5) is 5.69 Å². The zero-order valence-electron chi connectivity index (χ0n) is 10.4. The summed E-state index contributed by atoms with van der Waals surface area (Å²) in [4.78, 5) is 16.0. The van der Waals surface area contributed by atoms with Crippen LogP contribution < -0.4 is 5.32 Å². The molecule has 1 fully saturated rings. The molecular weight excluding hydrogens is 280 g/mol. The lowest BCUT2D eigenvalue weighted by atomic mass is 10.1. The van der Waals surface area contributed by atoms with Crippen LogP contribution in [0.25, 0.3) is 11.4 Å². The molecule has 0 spiro atoms. The maximum Gasteiger partial charge on any atom is 0.229 e. The summed E-state index contributed by atoms with van der Waals surface area (Å²) in [6, 6.07) is 7.14. The van der Waals surface area contributed by atoms with E-state index in [0.29, 0.717) is 17.1 Å². The summed E-state index contributed by atoms with van der Waals surface area (Å²) in [7, 11) is -3.01. The topological polar surface area (TPSA) is 105 Å². The Hall–Kier alpha value is -2.22. The van der Waals surface area contributed by atoms with Gasteiger partial charge in [0.15, 0.2) is 15.7 Å². The fourth-order valence-electron chi connectivity index (χ4n) is 2.08. The normalized spacial score (nSPS) is 17.4. The van der Waals surface area contributed by atoms with Gasteiger partial charge in [0.2, 0.25) is 5.91 Å². The van der Waals surface area contributed by atoms with Crippen LogP contribution in [0, 0.1) is 5.92 Å². The molecule has 0 bridgehead atoms. The average Bonchev–Trinajstić information content (AvgIpc) is 2.90. The van der Waals surface area contributed by atoms with Gasteiger partial charge in [-0.15, -0.1) is 0 Å². The maximum absolute atomic E-state index is 12.0. The second kappa shape index (κ2) is 4.71. The van der Waals surface area contributed by atoms with E-state index >= 15 is 0 Å². The van der Waals surface area contributed by atoms with Crippen LogP contribution in [0.15, 0.2) is 30.6 Å². The van der Waals surface area contributed by atoms with Crippen LogP contribution in [-0.4, -0.2) is 41.0 Å². The summed E-state index contributed by atoms with van der Waals surface area (Å²) in [5, 5.41) is 9.25. The number of aromatic amines is 1. The standard InChI is InChI=1S/C12H12N4O3S/c17-12(8-5-20(18,19)6-8)15-10-4-2-1-3-9(10)11-13-7-14-16-11/h1-4,7-8H,5-6H2,(H,15,17)(H,13,14,16). The van der Waals surface area contributed by atoms with Crippen molar-refractivity contribution in [1.82, 2.24) is 15.2 Å². The molecule has 2 N–H and O–H groups in total. The lowest BCUT2D eigenvalue weighted by Gasteiger charge is -2.24. The molecule has 0 unspecified atom stereocenters. The Kier molecular flexibility index (Phi) is 3.01. The number of sulfone groups is 1. The Morgan fingerprint density at radius 1 is 1.30 bits per heavy atom. The van der Waals surface area contributed by atoms with Gasteiger partial charge in [0.05, 0.1) is 23.1 Å². The minimum atomic E-state index is -3.01. The van der Waals surface area contributed by atoms with E-state index in [4.69, 9.17) is 0 Å². The van der Waals surface area contributed by atoms with Crippen LogP contribution in [0.2, 0.25) is 0 Å². The molecule has 0 radical (unpaired) electrons. The first-order chi connectivity index (χ1) is 9.55. The van der Waals surface area contributed by atoms with Gasteiger partial charge in [0.1, 0.15) is 6.33 Å². The molecular formula is C12H12N4O3S. The third-order valence-electron chi connectivity index (χ3n) is 3.14. The number of hydrogen-bond donors (Lipinski definition) is 2. The van der Waals surface area contributed by atoms with Gasteiger partial charge in [-0.3, -0.25) is 9.89 Å². The van der Waals surface area contributed by atoms with Gasteiger partial charge in [-0.2, -0.15) is 5.10 Å². The number of hydrogen-bond acceptors (Lipinski definition) is 5. The molecule has 3 rings (SSSR count). The predicted molar refractivity (Wildman–Crippen MR) is 72.6 cm³/mol. The number of benzene rings is 1. The van der Waals surface area contributed by atoms with Crippen LogP contribution in [0.3, 0.4) is 0 Å². The summed E-state index contributed by atoms with van der Waals surface area (Å²) < 4.78 is 22.2. The number of rotatable bonds is 3. The number of carbonyl (C=O) groups excluding carboxylic acids is 1. The molecule has 0 saturated carbocycles. The molecule has 1 aliphatic rings. The van der Waals surface area contributed by atoms with Crippen molar-refractivity contribution in [2.24, 2.45) is 5.92 Å². The molecule has 7 nitrogen and oxygen atoms in total. The van der Waals surface area contributed by atoms with Gasteiger partial charge >= 0.3 is 0 Å². The summed E-state index contributed by atoms with van der Waals surface area (Å²) in [6.45, 7) is 0. The van der Waals surface area contributed by atoms with Gasteiger partial charge in [0, 0.05) is 5.56 Å². The highest BCUT2D eigenvalue weighted by Crippen LogP contribution is 2.26. The highest BCUT2D eigenvalue weighted by molar-refractivity contribution is 7.92. The van der Waals surface area contributed by atoms with Gasteiger partial charge in [-0.25, -0.2) is 13.4 Å². The minimum absolute atomic E-state index is 0.0801. The van der Waals surface area contributed by atoms with Gasteiger partial charge in [-0.1, -0.05) is 12.1 Å². The number of nitrogens with one attached hydrogen (secondary N) is 2. The number of anilines is 1. The fourth-order valence-corrected chi connectivity index (χ4v) is 3.52. The monoisotopic (exact) mass is 292 g/mol. The van der Waals surface area contributed by atoms with Crippen molar-refractivity contribution in [2.45, 2.75) is 0 Å². The van der Waals surface area contributed by atoms with Crippen molar-refractivity contribution in [1.29, 1.82) is 0 Å².